The third kappa shape index (κ3) is 28.3. The Morgan fingerprint density at radius 3 is 1.81 bits per heavy atom. The molecule has 0 fully saturated rings. The molecule has 9 nitrogen and oxygen atoms in total. The third-order valence-electron chi connectivity index (χ3n) is 1.43. The van der Waals surface area contributed by atoms with Crippen LogP contribution in [-0.2, 0) is 39.1 Å². The number of carbonyl (C=O) groups excluding carboxylic acids is 2. The maximum atomic E-state index is 11.0. The van der Waals surface area contributed by atoms with E-state index in [0.717, 1.165) is 6.42 Å². The molecule has 0 rings (SSSR count). The van der Waals surface area contributed by atoms with Gasteiger partial charge in [-0.25, -0.2) is 0 Å². The molecule has 0 aliphatic carbocycles. The third-order valence-corrected chi connectivity index (χ3v) is 1.43. The fraction of sp³-hybridized carbons (Fsp3) is 0.700. The average molecular weight is 336 g/mol. The van der Waals surface area contributed by atoms with Crippen LogP contribution in [0, 0.1) is 6.42 Å². The summed E-state index contributed by atoms with van der Waals surface area (Å²) in [4.78, 5) is 21.9. The van der Waals surface area contributed by atoms with Crippen LogP contribution in [-0.4, -0.2) is 51.4 Å². The van der Waals surface area contributed by atoms with Crippen molar-refractivity contribution < 1.29 is 70.7 Å². The molecule has 0 unspecified atom stereocenters. The monoisotopic (exact) mass is 336 g/mol. The van der Waals surface area contributed by atoms with Gasteiger partial charge in [-0.3, -0.25) is 16.0 Å². The standard InChI is InChI=1S/C10H17O6.Na.O3S/c1-3-13-7-15-9(11)5-6-10(12)16-8-14-4-2;;1-4(2)3/h5H,3-4,6-8H2,1-2H3;;/q-1;+1;. The van der Waals surface area contributed by atoms with Crippen LogP contribution in [0.15, 0.2) is 0 Å². The molecule has 0 aromatic carbocycles. The van der Waals surface area contributed by atoms with Gasteiger partial charge in [0.25, 0.3) is 5.97 Å². The SMILES string of the molecule is CCOCOC(=O)[CH-]CC(=O)OCOCC.O=S(=O)=O.[Na+]. The number of hydrogen-bond donors (Lipinski definition) is 0. The van der Waals surface area contributed by atoms with Crippen molar-refractivity contribution in [3.8, 4) is 0 Å². The molecule has 0 bridgehead atoms. The Kier molecular flexibility index (Phi) is 23.3. The molecule has 0 atom stereocenters. The van der Waals surface area contributed by atoms with Crippen molar-refractivity contribution >= 4 is 22.5 Å². The van der Waals surface area contributed by atoms with Crippen LogP contribution in [0.1, 0.15) is 20.3 Å². The van der Waals surface area contributed by atoms with E-state index in [4.69, 9.17) is 22.1 Å². The summed E-state index contributed by atoms with van der Waals surface area (Å²) in [6.45, 7) is 4.28. The Morgan fingerprint density at radius 2 is 1.38 bits per heavy atom. The largest absolute Gasteiger partial charge is 1.00 e. The Hall–Kier alpha value is -0.650. The Labute approximate surface area is 146 Å². The molecule has 0 radical (unpaired) electrons. The van der Waals surface area contributed by atoms with Gasteiger partial charge in [-0.2, -0.15) is 0 Å². The smallest absolute Gasteiger partial charge is 0.462 e. The molecule has 0 aliphatic heterocycles. The van der Waals surface area contributed by atoms with Gasteiger partial charge in [0.1, 0.15) is 0 Å². The van der Waals surface area contributed by atoms with Gasteiger partial charge in [0.05, 0.1) is 0 Å². The van der Waals surface area contributed by atoms with Crippen LogP contribution in [0.25, 0.3) is 0 Å². The summed E-state index contributed by atoms with van der Waals surface area (Å²) in [6.07, 6.45) is 0.950. The van der Waals surface area contributed by atoms with E-state index in [1.165, 1.54) is 0 Å². The second-order valence-corrected chi connectivity index (χ2v) is 3.22. The topological polar surface area (TPSA) is 122 Å². The minimum atomic E-state index is -3.11. The zero-order valence-corrected chi connectivity index (χ0v) is 15.0. The van der Waals surface area contributed by atoms with E-state index in [1.807, 2.05) is 0 Å². The minimum Gasteiger partial charge on any atom is -0.462 e. The summed E-state index contributed by atoms with van der Waals surface area (Å²) < 4.78 is 44.2. The number of rotatable bonds is 9. The second kappa shape index (κ2) is 19.4. The summed E-state index contributed by atoms with van der Waals surface area (Å²) in [5.74, 6) is -1.15. The van der Waals surface area contributed by atoms with Gasteiger partial charge >= 0.3 is 40.2 Å². The van der Waals surface area contributed by atoms with E-state index in [1.54, 1.807) is 13.8 Å². The van der Waals surface area contributed by atoms with E-state index >= 15 is 0 Å². The molecule has 21 heavy (non-hydrogen) atoms. The Bertz CT molecular complexity index is 338. The summed E-state index contributed by atoms with van der Waals surface area (Å²) in [7, 11) is -3.11. The van der Waals surface area contributed by atoms with Crippen molar-refractivity contribution in [1.29, 1.82) is 0 Å². The number of hydrogen-bond acceptors (Lipinski definition) is 9. The van der Waals surface area contributed by atoms with E-state index < -0.39 is 22.5 Å². The minimum absolute atomic E-state index is 0. The number of carbonyl (C=O) groups is 2. The van der Waals surface area contributed by atoms with Gasteiger partial charge in [0, 0.05) is 13.2 Å². The summed E-state index contributed by atoms with van der Waals surface area (Å²) in [6, 6.07) is 0. The summed E-state index contributed by atoms with van der Waals surface area (Å²) in [5, 5.41) is 0. The van der Waals surface area contributed by atoms with Crippen molar-refractivity contribution in [2.75, 3.05) is 26.8 Å². The molecular formula is C10H17NaO9S. The van der Waals surface area contributed by atoms with Crippen LogP contribution in [0.3, 0.4) is 0 Å². The Balaban J connectivity index is -0.000000572. The van der Waals surface area contributed by atoms with E-state index in [9.17, 15) is 9.59 Å². The van der Waals surface area contributed by atoms with E-state index in [2.05, 4.69) is 9.47 Å². The van der Waals surface area contributed by atoms with Gasteiger partial charge in [-0.1, -0.05) is 6.42 Å². The fourth-order valence-electron chi connectivity index (χ4n) is 0.658. The molecular weight excluding hydrogens is 319 g/mol. The zero-order valence-electron chi connectivity index (χ0n) is 12.2. The van der Waals surface area contributed by atoms with Crippen LogP contribution < -0.4 is 29.6 Å². The van der Waals surface area contributed by atoms with Crippen molar-refractivity contribution in [3.05, 3.63) is 6.42 Å². The van der Waals surface area contributed by atoms with Gasteiger partial charge in [0.2, 0.25) is 0 Å². The first-order valence-electron chi connectivity index (χ1n) is 5.51. The van der Waals surface area contributed by atoms with E-state index in [0.29, 0.717) is 13.2 Å². The van der Waals surface area contributed by atoms with E-state index in [-0.39, 0.29) is 49.6 Å². The molecule has 0 N–H and O–H groups in total. The molecule has 0 amide bonds. The first-order chi connectivity index (χ1) is 9.43. The molecule has 118 valence electrons. The van der Waals surface area contributed by atoms with Gasteiger partial charge in [0.15, 0.2) is 19.6 Å². The summed E-state index contributed by atoms with van der Waals surface area (Å²) >= 11 is 0. The normalized spacial score (nSPS) is 8.48. The molecule has 0 aromatic rings. The zero-order chi connectivity index (χ0) is 15.8. The molecule has 0 spiro atoms. The van der Waals surface area contributed by atoms with Crippen LogP contribution in [0.5, 0.6) is 0 Å². The second-order valence-electron chi connectivity index (χ2n) is 2.81. The van der Waals surface area contributed by atoms with Crippen molar-refractivity contribution in [3.63, 3.8) is 0 Å². The van der Waals surface area contributed by atoms with Gasteiger partial charge in [-0.05, 0) is 13.8 Å². The first-order valence-corrected chi connectivity index (χ1v) is 6.51. The van der Waals surface area contributed by atoms with Crippen molar-refractivity contribution in [2.24, 2.45) is 0 Å². The maximum absolute atomic E-state index is 11.0. The molecule has 11 heteroatoms. The quantitative estimate of drug-likeness (QED) is 0.140. The van der Waals surface area contributed by atoms with Gasteiger partial charge in [-0.15, -0.1) is 12.6 Å². The van der Waals surface area contributed by atoms with Crippen molar-refractivity contribution in [1.82, 2.24) is 0 Å². The van der Waals surface area contributed by atoms with Crippen LogP contribution in [0.2, 0.25) is 0 Å². The number of ether oxygens (including phenoxy) is 4. The van der Waals surface area contributed by atoms with Gasteiger partial charge < -0.3 is 18.9 Å². The molecule has 0 aromatic heterocycles. The van der Waals surface area contributed by atoms with Crippen LogP contribution in [0.4, 0.5) is 0 Å². The average Bonchev–Trinajstić information content (AvgIpc) is 2.36. The summed E-state index contributed by atoms with van der Waals surface area (Å²) in [5.41, 5.74) is 0. The predicted octanol–water partition coefficient (Wildman–Crippen LogP) is -3.34. The number of esters is 2. The van der Waals surface area contributed by atoms with Crippen molar-refractivity contribution in [2.45, 2.75) is 20.3 Å². The molecule has 0 aliphatic rings. The Morgan fingerprint density at radius 1 is 0.952 bits per heavy atom. The first kappa shape index (κ1) is 25.3. The predicted molar refractivity (Wildman–Crippen MR) is 63.8 cm³/mol. The molecule has 0 saturated carbocycles. The maximum Gasteiger partial charge on any atom is 1.00 e. The van der Waals surface area contributed by atoms with Crippen LogP contribution >= 0.6 is 0 Å². The fourth-order valence-corrected chi connectivity index (χ4v) is 0.658. The molecule has 0 heterocycles. The molecule has 0 saturated heterocycles.